The molecule has 1 aliphatic rings. The van der Waals surface area contributed by atoms with Crippen molar-refractivity contribution in [1.29, 1.82) is 0 Å². The standard InChI is InChI=1S/C16H17F6N3O3/c1-8(9-2-3-9)25(7-15(17,18)19)12(26)6-24-11(16(20,21)22)5-4-10(13(23)27)14(24)28/h4-5,8-9H,2-3,6-7H2,1H3,(H2,23,27)/t8-/m1/s1. The summed E-state index contributed by atoms with van der Waals surface area (Å²) in [7, 11) is 0. The molecule has 156 valence electrons. The zero-order valence-electron chi connectivity index (χ0n) is 14.6. The maximum Gasteiger partial charge on any atom is 0.431 e. The van der Waals surface area contributed by atoms with Crippen molar-refractivity contribution in [3.63, 3.8) is 0 Å². The third-order valence-corrected chi connectivity index (χ3v) is 4.49. The second-order valence-corrected chi connectivity index (χ2v) is 6.60. The highest BCUT2D eigenvalue weighted by atomic mass is 19.4. The Labute approximate surface area is 154 Å². The maximum absolute atomic E-state index is 13.2. The molecule has 2 N–H and O–H groups in total. The van der Waals surface area contributed by atoms with Crippen LogP contribution < -0.4 is 11.3 Å². The van der Waals surface area contributed by atoms with Crippen molar-refractivity contribution in [2.45, 2.75) is 44.7 Å². The summed E-state index contributed by atoms with van der Waals surface area (Å²) in [5, 5.41) is 0. The summed E-state index contributed by atoms with van der Waals surface area (Å²) >= 11 is 0. The Morgan fingerprint density at radius 2 is 1.79 bits per heavy atom. The molecule has 12 heteroatoms. The smallest absolute Gasteiger partial charge is 0.365 e. The molecule has 0 aliphatic heterocycles. The van der Waals surface area contributed by atoms with E-state index in [9.17, 15) is 40.7 Å². The largest absolute Gasteiger partial charge is 0.431 e. The molecule has 1 aliphatic carbocycles. The Bertz CT molecular complexity index is 826. The first-order chi connectivity index (χ1) is 12.7. The van der Waals surface area contributed by atoms with Gasteiger partial charge in [-0.3, -0.25) is 19.0 Å². The molecule has 28 heavy (non-hydrogen) atoms. The minimum Gasteiger partial charge on any atom is -0.365 e. The molecule has 1 fully saturated rings. The summed E-state index contributed by atoms with van der Waals surface area (Å²) in [5.41, 5.74) is 1.06. The summed E-state index contributed by atoms with van der Waals surface area (Å²) in [6.07, 6.45) is -8.67. The van der Waals surface area contributed by atoms with Crippen LogP contribution in [0.5, 0.6) is 0 Å². The number of pyridine rings is 1. The lowest BCUT2D eigenvalue weighted by atomic mass is 10.1. The number of alkyl halides is 6. The second kappa shape index (κ2) is 7.47. The predicted octanol–water partition coefficient (Wildman–Crippen LogP) is 2.16. The van der Waals surface area contributed by atoms with Crippen LogP contribution in [0.4, 0.5) is 26.3 Å². The van der Waals surface area contributed by atoms with Crippen molar-refractivity contribution in [3.8, 4) is 0 Å². The molecule has 1 aromatic rings. The molecule has 0 bridgehead atoms. The van der Waals surface area contributed by atoms with Crippen LogP contribution >= 0.6 is 0 Å². The van der Waals surface area contributed by atoms with E-state index in [-0.39, 0.29) is 10.5 Å². The number of rotatable bonds is 6. The lowest BCUT2D eigenvalue weighted by molar-refractivity contribution is -0.167. The lowest BCUT2D eigenvalue weighted by Crippen LogP contribution is -2.48. The SMILES string of the molecule is C[C@H](C1CC1)N(CC(F)(F)F)C(=O)Cn1c(C(F)(F)F)ccc(C(N)=O)c1=O. The molecule has 0 radical (unpaired) electrons. The van der Waals surface area contributed by atoms with Gasteiger partial charge in [0.05, 0.1) is 0 Å². The number of aromatic nitrogens is 1. The van der Waals surface area contributed by atoms with Gasteiger partial charge in [-0.1, -0.05) is 0 Å². The highest BCUT2D eigenvalue weighted by molar-refractivity contribution is 5.92. The molecule has 1 atom stereocenters. The first-order valence-corrected chi connectivity index (χ1v) is 8.19. The van der Waals surface area contributed by atoms with E-state index in [1.165, 1.54) is 6.92 Å². The van der Waals surface area contributed by atoms with E-state index >= 15 is 0 Å². The zero-order chi connectivity index (χ0) is 21.4. The third kappa shape index (κ3) is 5.04. The van der Waals surface area contributed by atoms with Crippen LogP contribution in [0, 0.1) is 5.92 Å². The van der Waals surface area contributed by atoms with E-state index in [2.05, 4.69) is 0 Å². The van der Waals surface area contributed by atoms with Crippen molar-refractivity contribution < 1.29 is 35.9 Å². The van der Waals surface area contributed by atoms with Gasteiger partial charge in [0.1, 0.15) is 24.3 Å². The Hall–Kier alpha value is -2.53. The Morgan fingerprint density at radius 1 is 1.21 bits per heavy atom. The first kappa shape index (κ1) is 21.8. The third-order valence-electron chi connectivity index (χ3n) is 4.49. The zero-order valence-corrected chi connectivity index (χ0v) is 14.6. The molecule has 6 nitrogen and oxygen atoms in total. The summed E-state index contributed by atoms with van der Waals surface area (Å²) in [4.78, 5) is 36.3. The average molecular weight is 413 g/mol. The number of carbonyl (C=O) groups excluding carboxylic acids is 2. The first-order valence-electron chi connectivity index (χ1n) is 8.19. The van der Waals surface area contributed by atoms with E-state index in [4.69, 9.17) is 5.73 Å². The Morgan fingerprint density at radius 3 is 2.21 bits per heavy atom. The van der Waals surface area contributed by atoms with E-state index in [0.717, 1.165) is 0 Å². The number of halogens is 6. The fourth-order valence-electron chi connectivity index (χ4n) is 2.88. The van der Waals surface area contributed by atoms with E-state index < -0.39 is 60.1 Å². The lowest BCUT2D eigenvalue weighted by Gasteiger charge is -2.31. The van der Waals surface area contributed by atoms with E-state index in [1.54, 1.807) is 0 Å². The van der Waals surface area contributed by atoms with Gasteiger partial charge in [0.2, 0.25) is 5.91 Å². The topological polar surface area (TPSA) is 85.4 Å². The molecule has 0 unspecified atom stereocenters. The Balaban J connectivity index is 2.45. The van der Waals surface area contributed by atoms with Crippen LogP contribution in [-0.4, -0.2) is 40.0 Å². The molecular formula is C16H17F6N3O3. The van der Waals surface area contributed by atoms with Gasteiger partial charge in [-0.2, -0.15) is 26.3 Å². The van der Waals surface area contributed by atoms with Gasteiger partial charge in [-0.25, -0.2) is 0 Å². The highest BCUT2D eigenvalue weighted by Crippen LogP contribution is 2.36. The Kier molecular flexibility index (Phi) is 5.81. The summed E-state index contributed by atoms with van der Waals surface area (Å²) in [5.74, 6) is -2.83. The highest BCUT2D eigenvalue weighted by Gasteiger charge is 2.41. The molecule has 1 aromatic heterocycles. The van der Waals surface area contributed by atoms with Crippen LogP contribution in [0.3, 0.4) is 0 Å². The minimum absolute atomic E-state index is 0.0641. The van der Waals surface area contributed by atoms with Gasteiger partial charge in [0.15, 0.2) is 0 Å². The molecule has 0 aromatic carbocycles. The molecule has 2 rings (SSSR count). The molecule has 1 saturated carbocycles. The predicted molar refractivity (Wildman–Crippen MR) is 84.2 cm³/mol. The number of nitrogens with zero attached hydrogens (tertiary/aromatic N) is 2. The minimum atomic E-state index is -5.08. The normalized spacial score (nSPS) is 16.0. The van der Waals surface area contributed by atoms with Crippen LogP contribution in [0.2, 0.25) is 0 Å². The molecule has 0 spiro atoms. The van der Waals surface area contributed by atoms with Crippen molar-refractivity contribution in [3.05, 3.63) is 33.7 Å². The molecule has 1 heterocycles. The fraction of sp³-hybridized carbons (Fsp3) is 0.562. The molecule has 0 saturated heterocycles. The number of amides is 2. The fourth-order valence-corrected chi connectivity index (χ4v) is 2.88. The van der Waals surface area contributed by atoms with Gasteiger partial charge < -0.3 is 10.6 Å². The summed E-state index contributed by atoms with van der Waals surface area (Å²) < 4.78 is 78.1. The van der Waals surface area contributed by atoms with Crippen LogP contribution in [0.25, 0.3) is 0 Å². The van der Waals surface area contributed by atoms with Gasteiger partial charge in [0.25, 0.3) is 11.5 Å². The number of nitrogens with two attached hydrogens (primary N) is 1. The van der Waals surface area contributed by atoms with Crippen molar-refractivity contribution >= 4 is 11.8 Å². The monoisotopic (exact) mass is 413 g/mol. The van der Waals surface area contributed by atoms with Crippen molar-refractivity contribution in [2.24, 2.45) is 11.7 Å². The van der Waals surface area contributed by atoms with Crippen LogP contribution in [0.1, 0.15) is 35.8 Å². The maximum atomic E-state index is 13.2. The van der Waals surface area contributed by atoms with Crippen LogP contribution in [0.15, 0.2) is 16.9 Å². The number of primary amides is 1. The van der Waals surface area contributed by atoms with Gasteiger partial charge in [-0.15, -0.1) is 0 Å². The van der Waals surface area contributed by atoms with Gasteiger partial charge in [-0.05, 0) is 37.8 Å². The average Bonchev–Trinajstić information content (AvgIpc) is 3.36. The number of hydrogen-bond acceptors (Lipinski definition) is 3. The summed E-state index contributed by atoms with van der Waals surface area (Å²) in [6.45, 7) is -1.59. The quantitative estimate of drug-likeness (QED) is 0.726. The molecule has 2 amide bonds. The number of hydrogen-bond donors (Lipinski definition) is 1. The van der Waals surface area contributed by atoms with E-state index in [0.29, 0.717) is 29.9 Å². The second-order valence-electron chi connectivity index (χ2n) is 6.60. The van der Waals surface area contributed by atoms with Crippen molar-refractivity contribution in [2.75, 3.05) is 6.54 Å². The number of carbonyl (C=O) groups is 2. The van der Waals surface area contributed by atoms with E-state index in [1.807, 2.05) is 0 Å². The van der Waals surface area contributed by atoms with Crippen LogP contribution in [-0.2, 0) is 17.5 Å². The summed E-state index contributed by atoms with van der Waals surface area (Å²) in [6, 6.07) is 0.0839. The molecular weight excluding hydrogens is 396 g/mol. The van der Waals surface area contributed by atoms with Gasteiger partial charge >= 0.3 is 12.4 Å². The van der Waals surface area contributed by atoms with Gasteiger partial charge in [0, 0.05) is 6.04 Å². The van der Waals surface area contributed by atoms with Crippen molar-refractivity contribution in [1.82, 2.24) is 9.47 Å².